The van der Waals surface area contributed by atoms with Crippen molar-refractivity contribution in [2.75, 3.05) is 13.7 Å². The van der Waals surface area contributed by atoms with Gasteiger partial charge < -0.3 is 10.1 Å². The fourth-order valence-electron chi connectivity index (χ4n) is 2.04. The van der Waals surface area contributed by atoms with Gasteiger partial charge in [0.05, 0.1) is 18.2 Å². The average Bonchev–Trinajstić information content (AvgIpc) is 2.83. The second kappa shape index (κ2) is 5.61. The van der Waals surface area contributed by atoms with Crippen LogP contribution in [0.3, 0.4) is 0 Å². The minimum Gasteiger partial charge on any atom is -0.497 e. The quantitative estimate of drug-likeness (QED) is 0.868. The molecule has 0 saturated heterocycles. The second-order valence-electron chi connectivity index (χ2n) is 4.31. The Bertz CT molecular complexity index is 686. The maximum absolute atomic E-state index is 12.1. The molecule has 104 valence electrons. The summed E-state index contributed by atoms with van der Waals surface area (Å²) in [7, 11) is 1.56. The van der Waals surface area contributed by atoms with Crippen molar-refractivity contribution in [3.05, 3.63) is 42.6 Å². The zero-order valence-electron chi connectivity index (χ0n) is 11.5. The van der Waals surface area contributed by atoms with Crippen molar-refractivity contribution in [3.63, 3.8) is 0 Å². The summed E-state index contributed by atoms with van der Waals surface area (Å²) in [5, 5.41) is 3.39. The highest BCUT2D eigenvalue weighted by Crippen LogP contribution is 2.26. The number of carbonyl (C=O) groups excluding carboxylic acids is 2. The van der Waals surface area contributed by atoms with Gasteiger partial charge in [-0.25, -0.2) is 0 Å². The monoisotopic (exact) mass is 272 g/mol. The maximum atomic E-state index is 12.1. The van der Waals surface area contributed by atoms with Gasteiger partial charge >= 0.3 is 0 Å². The molecule has 0 aliphatic carbocycles. The number of carbonyl (C=O) groups is 2. The van der Waals surface area contributed by atoms with E-state index in [0.29, 0.717) is 28.8 Å². The van der Waals surface area contributed by atoms with Crippen molar-refractivity contribution in [1.29, 1.82) is 0 Å². The Hall–Kier alpha value is -2.56. The summed E-state index contributed by atoms with van der Waals surface area (Å²) in [5.41, 5.74) is 1.12. The van der Waals surface area contributed by atoms with E-state index in [0.717, 1.165) is 0 Å². The van der Waals surface area contributed by atoms with Gasteiger partial charge in [-0.15, -0.1) is 6.58 Å². The molecule has 1 aromatic carbocycles. The first kappa shape index (κ1) is 13.9. The first-order valence-electron chi connectivity index (χ1n) is 6.17. The standard InChI is InChI=1S/C15H16N2O3/c1-4-7-16-15(19)13-9-17(10(2)18)14-6-5-11(20-3)8-12(13)14/h4-6,8-9H,1,7H2,2-3H3,(H,16,19). The van der Waals surface area contributed by atoms with Gasteiger partial charge in [-0.1, -0.05) is 6.08 Å². The molecule has 20 heavy (non-hydrogen) atoms. The highest BCUT2D eigenvalue weighted by Gasteiger charge is 2.16. The molecule has 0 saturated carbocycles. The summed E-state index contributed by atoms with van der Waals surface area (Å²) in [6.45, 7) is 5.38. The number of benzene rings is 1. The molecular weight excluding hydrogens is 256 g/mol. The van der Waals surface area contributed by atoms with E-state index < -0.39 is 0 Å². The zero-order valence-corrected chi connectivity index (χ0v) is 11.5. The predicted octanol–water partition coefficient (Wildman–Crippen LogP) is 2.23. The Kier molecular flexibility index (Phi) is 3.89. The lowest BCUT2D eigenvalue weighted by Crippen LogP contribution is -2.23. The largest absolute Gasteiger partial charge is 0.497 e. The number of rotatable bonds is 4. The first-order chi connectivity index (χ1) is 9.58. The highest BCUT2D eigenvalue weighted by molar-refractivity contribution is 6.09. The van der Waals surface area contributed by atoms with E-state index in [1.807, 2.05) is 0 Å². The van der Waals surface area contributed by atoms with Crippen molar-refractivity contribution in [3.8, 4) is 5.75 Å². The molecule has 0 bridgehead atoms. The Balaban J connectivity index is 2.60. The van der Waals surface area contributed by atoms with Crippen LogP contribution >= 0.6 is 0 Å². The van der Waals surface area contributed by atoms with E-state index in [1.165, 1.54) is 11.5 Å². The van der Waals surface area contributed by atoms with Crippen molar-refractivity contribution in [2.45, 2.75) is 6.92 Å². The van der Waals surface area contributed by atoms with E-state index >= 15 is 0 Å². The van der Waals surface area contributed by atoms with E-state index in [1.54, 1.807) is 37.6 Å². The Morgan fingerprint density at radius 1 is 1.45 bits per heavy atom. The number of hydrogen-bond acceptors (Lipinski definition) is 3. The van der Waals surface area contributed by atoms with Crippen LogP contribution in [0.25, 0.3) is 10.9 Å². The fraction of sp³-hybridized carbons (Fsp3) is 0.200. The lowest BCUT2D eigenvalue weighted by molar-refractivity contribution is 0.0941. The van der Waals surface area contributed by atoms with Crippen LogP contribution in [0.2, 0.25) is 0 Å². The Morgan fingerprint density at radius 3 is 2.80 bits per heavy atom. The Morgan fingerprint density at radius 2 is 2.20 bits per heavy atom. The summed E-state index contributed by atoms with van der Waals surface area (Å²) < 4.78 is 6.62. The molecule has 5 nitrogen and oxygen atoms in total. The molecule has 2 aromatic rings. The number of hydrogen-bond donors (Lipinski definition) is 1. The number of methoxy groups -OCH3 is 1. The third kappa shape index (κ3) is 2.42. The van der Waals surface area contributed by atoms with Crippen LogP contribution in [0.15, 0.2) is 37.1 Å². The van der Waals surface area contributed by atoms with Crippen LogP contribution in [0.4, 0.5) is 0 Å². The number of nitrogens with one attached hydrogen (secondary N) is 1. The van der Waals surface area contributed by atoms with Crippen molar-refractivity contribution >= 4 is 22.7 Å². The van der Waals surface area contributed by atoms with Crippen LogP contribution in [-0.4, -0.2) is 30.0 Å². The molecule has 1 heterocycles. The third-order valence-corrected chi connectivity index (χ3v) is 3.00. The molecule has 0 fully saturated rings. The second-order valence-corrected chi connectivity index (χ2v) is 4.31. The smallest absolute Gasteiger partial charge is 0.253 e. The summed E-state index contributed by atoms with van der Waals surface area (Å²) in [6.07, 6.45) is 3.15. The predicted molar refractivity (Wildman–Crippen MR) is 77.3 cm³/mol. The van der Waals surface area contributed by atoms with Crippen LogP contribution in [0, 0.1) is 0 Å². The normalized spacial score (nSPS) is 10.3. The van der Waals surface area contributed by atoms with E-state index in [9.17, 15) is 9.59 Å². The number of nitrogens with zero attached hydrogens (tertiary/aromatic N) is 1. The molecule has 2 rings (SSSR count). The molecular formula is C15H16N2O3. The topological polar surface area (TPSA) is 60.3 Å². The van der Waals surface area contributed by atoms with E-state index in [2.05, 4.69) is 11.9 Å². The molecule has 0 atom stereocenters. The van der Waals surface area contributed by atoms with Crippen molar-refractivity contribution in [2.24, 2.45) is 0 Å². The van der Waals surface area contributed by atoms with Gasteiger partial charge in [0.2, 0.25) is 5.91 Å². The summed E-state index contributed by atoms with van der Waals surface area (Å²) >= 11 is 0. The minimum absolute atomic E-state index is 0.150. The minimum atomic E-state index is -0.247. The van der Waals surface area contributed by atoms with E-state index in [4.69, 9.17) is 4.74 Å². The number of fused-ring (bicyclic) bond motifs is 1. The number of amides is 1. The van der Waals surface area contributed by atoms with Gasteiger partial charge in [-0.3, -0.25) is 14.2 Å². The summed E-state index contributed by atoms with van der Waals surface area (Å²) in [5.74, 6) is 0.239. The van der Waals surface area contributed by atoms with Gasteiger partial charge in [-0.05, 0) is 18.2 Å². The van der Waals surface area contributed by atoms with Gasteiger partial charge in [0.25, 0.3) is 5.91 Å². The fourth-order valence-corrected chi connectivity index (χ4v) is 2.04. The van der Waals surface area contributed by atoms with Crippen LogP contribution < -0.4 is 10.1 Å². The summed E-state index contributed by atoms with van der Waals surface area (Å²) in [4.78, 5) is 23.8. The molecule has 0 aliphatic rings. The van der Waals surface area contributed by atoms with Crippen LogP contribution in [0.5, 0.6) is 5.75 Å². The van der Waals surface area contributed by atoms with E-state index in [-0.39, 0.29) is 11.8 Å². The molecule has 0 unspecified atom stereocenters. The molecule has 5 heteroatoms. The SMILES string of the molecule is C=CCNC(=O)c1cn(C(C)=O)c2ccc(OC)cc12. The van der Waals surface area contributed by atoms with Gasteiger partial charge in [0.15, 0.2) is 0 Å². The Labute approximate surface area is 116 Å². The molecule has 1 aromatic heterocycles. The molecule has 0 spiro atoms. The lowest BCUT2D eigenvalue weighted by atomic mass is 10.1. The number of aromatic nitrogens is 1. The van der Waals surface area contributed by atoms with Gasteiger partial charge in [0, 0.05) is 25.1 Å². The summed E-state index contributed by atoms with van der Waals surface area (Å²) in [6, 6.07) is 5.27. The third-order valence-electron chi connectivity index (χ3n) is 3.00. The molecule has 1 amide bonds. The van der Waals surface area contributed by atoms with Crippen molar-refractivity contribution < 1.29 is 14.3 Å². The first-order valence-corrected chi connectivity index (χ1v) is 6.17. The molecule has 0 aliphatic heterocycles. The zero-order chi connectivity index (χ0) is 14.7. The highest BCUT2D eigenvalue weighted by atomic mass is 16.5. The molecule has 0 radical (unpaired) electrons. The van der Waals surface area contributed by atoms with Crippen molar-refractivity contribution in [1.82, 2.24) is 9.88 Å². The van der Waals surface area contributed by atoms with Gasteiger partial charge in [0.1, 0.15) is 5.75 Å². The van der Waals surface area contributed by atoms with Crippen LogP contribution in [0.1, 0.15) is 22.1 Å². The average molecular weight is 272 g/mol. The van der Waals surface area contributed by atoms with Crippen LogP contribution in [-0.2, 0) is 0 Å². The number of ether oxygens (including phenoxy) is 1. The lowest BCUT2D eigenvalue weighted by Gasteiger charge is -2.03. The molecule has 1 N–H and O–H groups in total. The maximum Gasteiger partial charge on any atom is 0.253 e. The van der Waals surface area contributed by atoms with Gasteiger partial charge in [-0.2, -0.15) is 0 Å².